The Kier molecular flexibility index (Phi) is 4.20. The Labute approximate surface area is 142 Å². The Balaban J connectivity index is 2.20. The Morgan fingerprint density at radius 1 is 0.952 bits per heavy atom. The van der Waals surface area contributed by atoms with Crippen molar-refractivity contribution in [1.82, 2.24) is 0 Å². The van der Waals surface area contributed by atoms with Crippen LogP contribution in [-0.4, -0.2) is 5.11 Å². The van der Waals surface area contributed by atoms with E-state index in [4.69, 9.17) is 11.6 Å². The van der Waals surface area contributed by atoms with Crippen LogP contribution >= 0.6 is 34.2 Å². The van der Waals surface area contributed by atoms with Crippen molar-refractivity contribution < 1.29 is 5.11 Å². The number of hydrogen-bond donors (Lipinski definition) is 1. The van der Waals surface area contributed by atoms with Crippen molar-refractivity contribution in [3.63, 3.8) is 0 Å². The number of aliphatic hydroxyl groups is 1. The molecule has 3 heteroatoms. The van der Waals surface area contributed by atoms with E-state index in [1.54, 1.807) is 0 Å². The molecule has 0 aliphatic rings. The molecule has 21 heavy (non-hydrogen) atoms. The van der Waals surface area contributed by atoms with Gasteiger partial charge >= 0.3 is 0 Å². The van der Waals surface area contributed by atoms with E-state index in [2.05, 4.69) is 47.7 Å². The predicted octanol–water partition coefficient (Wildman–Crippen LogP) is 5.49. The van der Waals surface area contributed by atoms with Gasteiger partial charge in [0.1, 0.15) is 6.10 Å². The summed E-state index contributed by atoms with van der Waals surface area (Å²) in [7, 11) is 0. The van der Waals surface area contributed by atoms with E-state index in [-0.39, 0.29) is 0 Å². The van der Waals surface area contributed by atoms with Crippen molar-refractivity contribution in [2.75, 3.05) is 0 Å². The molecular formula is C18H14ClIO. The van der Waals surface area contributed by atoms with Crippen LogP contribution in [0.4, 0.5) is 0 Å². The molecule has 3 aromatic rings. The number of fused-ring (bicyclic) bond motifs is 1. The fourth-order valence-corrected chi connectivity index (χ4v) is 3.41. The molecule has 0 fully saturated rings. The van der Waals surface area contributed by atoms with Crippen molar-refractivity contribution in [2.45, 2.75) is 13.0 Å². The highest BCUT2D eigenvalue weighted by atomic mass is 127. The molecular weight excluding hydrogens is 395 g/mol. The summed E-state index contributed by atoms with van der Waals surface area (Å²) in [4.78, 5) is 0. The fraction of sp³-hybridized carbons (Fsp3) is 0.111. The van der Waals surface area contributed by atoms with Gasteiger partial charge in [-0.3, -0.25) is 0 Å². The number of benzene rings is 3. The molecule has 0 aromatic heterocycles. The lowest BCUT2D eigenvalue weighted by atomic mass is 9.94. The van der Waals surface area contributed by atoms with Gasteiger partial charge in [0.25, 0.3) is 0 Å². The summed E-state index contributed by atoms with van der Waals surface area (Å²) in [6.07, 6.45) is -0.680. The molecule has 3 rings (SSSR count). The quantitative estimate of drug-likeness (QED) is 0.556. The number of hydrogen-bond acceptors (Lipinski definition) is 1. The van der Waals surface area contributed by atoms with E-state index in [0.717, 1.165) is 20.1 Å². The summed E-state index contributed by atoms with van der Waals surface area (Å²) in [6.45, 7) is 2.08. The summed E-state index contributed by atoms with van der Waals surface area (Å²) in [6, 6.07) is 17.8. The maximum atomic E-state index is 10.8. The first-order valence-corrected chi connectivity index (χ1v) is 8.15. The van der Waals surface area contributed by atoms with E-state index in [1.807, 2.05) is 36.4 Å². The Hall–Kier alpha value is -1.10. The predicted molar refractivity (Wildman–Crippen MR) is 96.9 cm³/mol. The molecule has 1 N–H and O–H groups in total. The first-order valence-electron chi connectivity index (χ1n) is 6.69. The van der Waals surface area contributed by atoms with Crippen molar-refractivity contribution >= 4 is 45.0 Å². The largest absolute Gasteiger partial charge is 0.384 e. The Morgan fingerprint density at radius 3 is 2.43 bits per heavy atom. The monoisotopic (exact) mass is 408 g/mol. The first kappa shape index (κ1) is 14.8. The highest BCUT2D eigenvalue weighted by Crippen LogP contribution is 2.33. The van der Waals surface area contributed by atoms with Gasteiger partial charge in [-0.2, -0.15) is 0 Å². The number of halogens is 2. The minimum Gasteiger partial charge on any atom is -0.384 e. The van der Waals surface area contributed by atoms with Gasteiger partial charge in [-0.25, -0.2) is 0 Å². The van der Waals surface area contributed by atoms with Crippen LogP contribution < -0.4 is 0 Å². The number of rotatable bonds is 2. The van der Waals surface area contributed by atoms with Gasteiger partial charge < -0.3 is 5.11 Å². The molecule has 0 radical (unpaired) electrons. The van der Waals surface area contributed by atoms with E-state index >= 15 is 0 Å². The molecule has 0 saturated heterocycles. The summed E-state index contributed by atoms with van der Waals surface area (Å²) >= 11 is 8.31. The lowest BCUT2D eigenvalue weighted by Gasteiger charge is -2.17. The molecule has 0 spiro atoms. The third-order valence-corrected chi connectivity index (χ3v) is 4.94. The van der Waals surface area contributed by atoms with Crippen molar-refractivity contribution in [1.29, 1.82) is 0 Å². The van der Waals surface area contributed by atoms with E-state index in [0.29, 0.717) is 5.02 Å². The molecule has 0 saturated carbocycles. The molecule has 0 amide bonds. The zero-order valence-electron chi connectivity index (χ0n) is 11.5. The molecule has 0 aliphatic carbocycles. The van der Waals surface area contributed by atoms with Gasteiger partial charge in [-0.15, -0.1) is 0 Å². The summed E-state index contributed by atoms with van der Waals surface area (Å²) in [5, 5.41) is 13.7. The Morgan fingerprint density at radius 2 is 1.67 bits per heavy atom. The zero-order valence-corrected chi connectivity index (χ0v) is 14.4. The topological polar surface area (TPSA) is 20.2 Å². The molecule has 1 nitrogen and oxygen atoms in total. The van der Waals surface area contributed by atoms with Crippen LogP contribution in [0.1, 0.15) is 22.8 Å². The normalized spacial score (nSPS) is 12.6. The Bertz CT molecular complexity index is 813. The van der Waals surface area contributed by atoms with Crippen molar-refractivity contribution in [3.05, 3.63) is 79.9 Å². The second-order valence-electron chi connectivity index (χ2n) is 5.09. The van der Waals surface area contributed by atoms with Crippen LogP contribution in [0.15, 0.2) is 54.6 Å². The minimum absolute atomic E-state index is 0.640. The second-order valence-corrected chi connectivity index (χ2v) is 6.68. The highest BCUT2D eigenvalue weighted by molar-refractivity contribution is 14.1. The van der Waals surface area contributed by atoms with Crippen LogP contribution in [0, 0.1) is 10.5 Å². The third-order valence-electron chi connectivity index (χ3n) is 3.72. The first-order chi connectivity index (χ1) is 10.1. The second kappa shape index (κ2) is 5.95. The van der Waals surface area contributed by atoms with Crippen LogP contribution in [0.25, 0.3) is 10.8 Å². The highest BCUT2D eigenvalue weighted by Gasteiger charge is 2.17. The van der Waals surface area contributed by atoms with Crippen molar-refractivity contribution in [3.8, 4) is 0 Å². The molecule has 1 unspecified atom stereocenters. The maximum absolute atomic E-state index is 10.8. The number of aliphatic hydroxyl groups excluding tert-OH is 1. The molecule has 0 aliphatic heterocycles. The van der Waals surface area contributed by atoms with Gasteiger partial charge in [0.15, 0.2) is 0 Å². The van der Waals surface area contributed by atoms with Crippen LogP contribution in [0.2, 0.25) is 5.02 Å². The maximum Gasteiger partial charge on any atom is 0.106 e. The lowest BCUT2D eigenvalue weighted by molar-refractivity contribution is 0.221. The fourth-order valence-electron chi connectivity index (χ4n) is 2.60. The zero-order chi connectivity index (χ0) is 15.0. The minimum atomic E-state index is -0.680. The van der Waals surface area contributed by atoms with Gasteiger partial charge in [-0.1, -0.05) is 48.0 Å². The number of aryl methyl sites for hydroxylation is 1. The van der Waals surface area contributed by atoms with Crippen LogP contribution in [0.5, 0.6) is 0 Å². The van der Waals surface area contributed by atoms with E-state index in [9.17, 15) is 5.11 Å². The molecule has 3 aromatic carbocycles. The molecule has 0 bridgehead atoms. The lowest BCUT2D eigenvalue weighted by Crippen LogP contribution is -2.03. The summed E-state index contributed by atoms with van der Waals surface area (Å²) in [5.74, 6) is 0. The molecule has 1 atom stereocenters. The van der Waals surface area contributed by atoms with Crippen molar-refractivity contribution in [2.24, 2.45) is 0 Å². The average Bonchev–Trinajstić information content (AvgIpc) is 2.50. The van der Waals surface area contributed by atoms with Gasteiger partial charge in [0.05, 0.1) is 0 Å². The average molecular weight is 409 g/mol. The van der Waals surface area contributed by atoms with Crippen LogP contribution in [-0.2, 0) is 0 Å². The molecule has 106 valence electrons. The summed E-state index contributed by atoms with van der Waals surface area (Å²) in [5.41, 5.74) is 2.97. The van der Waals surface area contributed by atoms with Gasteiger partial charge in [0.2, 0.25) is 0 Å². The van der Waals surface area contributed by atoms with E-state index < -0.39 is 6.10 Å². The van der Waals surface area contributed by atoms with Gasteiger partial charge in [0, 0.05) is 8.59 Å². The van der Waals surface area contributed by atoms with Gasteiger partial charge in [-0.05, 0) is 75.2 Å². The standard InChI is InChI=1S/C18H14ClIO/c1-11-6-8-15(14-5-3-2-4-13(11)14)18(21)16-10-12(19)7-9-17(16)20/h2-10,18,21H,1H3. The smallest absolute Gasteiger partial charge is 0.106 e. The third kappa shape index (κ3) is 2.80. The van der Waals surface area contributed by atoms with E-state index in [1.165, 1.54) is 10.9 Å². The summed E-state index contributed by atoms with van der Waals surface area (Å²) < 4.78 is 1.01. The SMILES string of the molecule is Cc1ccc(C(O)c2cc(Cl)ccc2I)c2ccccc12. The van der Waals surface area contributed by atoms with Crippen LogP contribution in [0.3, 0.4) is 0 Å². The molecule has 0 heterocycles.